The van der Waals surface area contributed by atoms with Gasteiger partial charge in [0.05, 0.1) is 18.8 Å². The summed E-state index contributed by atoms with van der Waals surface area (Å²) in [5, 5.41) is 11.9. The van der Waals surface area contributed by atoms with E-state index in [1.165, 1.54) is 0 Å². The van der Waals surface area contributed by atoms with Gasteiger partial charge in [0, 0.05) is 26.2 Å². The number of β-amino-alcohol motifs (C(OH)–C–C–N with tert-alkyl or cyclic N) is 1. The van der Waals surface area contributed by atoms with Gasteiger partial charge in [0.15, 0.2) is 0 Å². The number of aliphatic hydroxyl groups is 1. The van der Waals surface area contributed by atoms with Crippen LogP contribution >= 0.6 is 0 Å². The number of hydrogen-bond donors (Lipinski definition) is 2. The van der Waals surface area contributed by atoms with Crippen LogP contribution in [0.2, 0.25) is 0 Å². The summed E-state index contributed by atoms with van der Waals surface area (Å²) in [7, 11) is 0. The molecule has 1 atom stereocenters. The first-order valence-corrected chi connectivity index (χ1v) is 5.53. The van der Waals surface area contributed by atoms with E-state index in [9.17, 15) is 4.79 Å². The van der Waals surface area contributed by atoms with Gasteiger partial charge < -0.3 is 15.2 Å². The Morgan fingerprint density at radius 2 is 2.33 bits per heavy atom. The third-order valence-electron chi connectivity index (χ3n) is 2.86. The third kappa shape index (κ3) is 3.15. The molecule has 15 heavy (non-hydrogen) atoms. The Labute approximate surface area is 89.4 Å². The van der Waals surface area contributed by atoms with Crippen molar-refractivity contribution in [3.63, 3.8) is 0 Å². The average Bonchev–Trinajstić information content (AvgIpc) is 2.65. The molecule has 0 bridgehead atoms. The van der Waals surface area contributed by atoms with Crippen LogP contribution in [0, 0.1) is 0 Å². The molecule has 0 aromatic heterocycles. The number of ether oxygens (including phenoxy) is 1. The zero-order valence-corrected chi connectivity index (χ0v) is 8.82. The summed E-state index contributed by atoms with van der Waals surface area (Å²) in [5.41, 5.74) is 0. The lowest BCUT2D eigenvalue weighted by molar-refractivity contribution is -0.125. The van der Waals surface area contributed by atoms with E-state index in [-0.39, 0.29) is 18.1 Å². The minimum Gasteiger partial charge on any atom is -0.390 e. The Bertz CT molecular complexity index is 223. The molecule has 2 saturated heterocycles. The van der Waals surface area contributed by atoms with Crippen molar-refractivity contribution in [2.75, 3.05) is 32.8 Å². The van der Waals surface area contributed by atoms with Gasteiger partial charge in [-0.2, -0.15) is 0 Å². The Kier molecular flexibility index (Phi) is 3.56. The monoisotopic (exact) mass is 214 g/mol. The van der Waals surface area contributed by atoms with E-state index in [1.807, 2.05) is 4.90 Å². The van der Waals surface area contributed by atoms with Gasteiger partial charge in [0.2, 0.25) is 5.91 Å². The molecule has 5 nitrogen and oxygen atoms in total. The molecule has 0 saturated carbocycles. The van der Waals surface area contributed by atoms with E-state index in [2.05, 4.69) is 5.32 Å². The van der Waals surface area contributed by atoms with Crippen molar-refractivity contribution >= 4 is 5.91 Å². The SMILES string of the molecule is O=C(CN1CC(O)C1)NC[C@H]1CCCO1. The minimum absolute atomic E-state index is 0.0254. The minimum atomic E-state index is -0.240. The molecular weight excluding hydrogens is 196 g/mol. The Balaban J connectivity index is 1.56. The second-order valence-corrected chi connectivity index (χ2v) is 4.29. The zero-order chi connectivity index (χ0) is 10.7. The molecule has 5 heteroatoms. The lowest BCUT2D eigenvalue weighted by Gasteiger charge is -2.35. The van der Waals surface area contributed by atoms with E-state index >= 15 is 0 Å². The Hall–Kier alpha value is -0.650. The fourth-order valence-electron chi connectivity index (χ4n) is 1.96. The third-order valence-corrected chi connectivity index (χ3v) is 2.86. The molecule has 1 amide bonds. The zero-order valence-electron chi connectivity index (χ0n) is 8.82. The molecule has 0 aromatic rings. The van der Waals surface area contributed by atoms with Crippen molar-refractivity contribution in [1.82, 2.24) is 10.2 Å². The van der Waals surface area contributed by atoms with Crippen molar-refractivity contribution in [3.8, 4) is 0 Å². The molecule has 2 rings (SSSR count). The summed E-state index contributed by atoms with van der Waals surface area (Å²) in [6.07, 6.45) is 2.11. The van der Waals surface area contributed by atoms with E-state index in [0.717, 1.165) is 19.4 Å². The lowest BCUT2D eigenvalue weighted by atomic mass is 10.2. The maximum absolute atomic E-state index is 11.4. The average molecular weight is 214 g/mol. The summed E-state index contributed by atoms with van der Waals surface area (Å²) in [4.78, 5) is 13.3. The van der Waals surface area contributed by atoms with Crippen molar-refractivity contribution < 1.29 is 14.6 Å². The van der Waals surface area contributed by atoms with Gasteiger partial charge >= 0.3 is 0 Å². The fraction of sp³-hybridized carbons (Fsp3) is 0.900. The van der Waals surface area contributed by atoms with Gasteiger partial charge in [-0.1, -0.05) is 0 Å². The summed E-state index contributed by atoms with van der Waals surface area (Å²) in [6.45, 7) is 3.07. The van der Waals surface area contributed by atoms with Gasteiger partial charge in [0.1, 0.15) is 0 Å². The van der Waals surface area contributed by atoms with Gasteiger partial charge in [-0.25, -0.2) is 0 Å². The van der Waals surface area contributed by atoms with Crippen molar-refractivity contribution in [1.29, 1.82) is 0 Å². The number of nitrogens with zero attached hydrogens (tertiary/aromatic N) is 1. The number of nitrogens with one attached hydrogen (secondary N) is 1. The van der Waals surface area contributed by atoms with Crippen LogP contribution in [0.15, 0.2) is 0 Å². The molecule has 2 fully saturated rings. The van der Waals surface area contributed by atoms with Crippen LogP contribution in [0.1, 0.15) is 12.8 Å². The summed E-state index contributed by atoms with van der Waals surface area (Å²) in [5.74, 6) is 0.0254. The molecular formula is C10H18N2O3. The first-order valence-electron chi connectivity index (χ1n) is 5.53. The molecule has 2 aliphatic rings. The first-order chi connectivity index (χ1) is 7.24. The highest BCUT2D eigenvalue weighted by atomic mass is 16.5. The second-order valence-electron chi connectivity index (χ2n) is 4.29. The molecule has 2 heterocycles. The molecule has 0 unspecified atom stereocenters. The predicted molar refractivity (Wildman–Crippen MR) is 54.4 cm³/mol. The molecule has 2 N–H and O–H groups in total. The van der Waals surface area contributed by atoms with Crippen molar-refractivity contribution in [3.05, 3.63) is 0 Å². The Morgan fingerprint density at radius 3 is 2.93 bits per heavy atom. The van der Waals surface area contributed by atoms with Crippen molar-refractivity contribution in [2.24, 2.45) is 0 Å². The summed E-state index contributed by atoms with van der Waals surface area (Å²) < 4.78 is 5.40. The number of aliphatic hydroxyl groups excluding tert-OH is 1. The smallest absolute Gasteiger partial charge is 0.234 e. The van der Waals surface area contributed by atoms with Crippen molar-refractivity contribution in [2.45, 2.75) is 25.0 Å². The van der Waals surface area contributed by atoms with Crippen LogP contribution in [0.3, 0.4) is 0 Å². The van der Waals surface area contributed by atoms with Gasteiger partial charge in [-0.15, -0.1) is 0 Å². The van der Waals surface area contributed by atoms with Crippen LogP contribution in [-0.4, -0.2) is 60.9 Å². The van der Waals surface area contributed by atoms with Crippen LogP contribution in [-0.2, 0) is 9.53 Å². The highest BCUT2D eigenvalue weighted by Crippen LogP contribution is 2.10. The number of amides is 1. The quantitative estimate of drug-likeness (QED) is 0.627. The fourth-order valence-corrected chi connectivity index (χ4v) is 1.96. The number of hydrogen-bond acceptors (Lipinski definition) is 4. The highest BCUT2D eigenvalue weighted by Gasteiger charge is 2.26. The van der Waals surface area contributed by atoms with Crippen LogP contribution in [0.25, 0.3) is 0 Å². The van der Waals surface area contributed by atoms with Crippen LogP contribution < -0.4 is 5.32 Å². The molecule has 0 aliphatic carbocycles. The maximum Gasteiger partial charge on any atom is 0.234 e. The van der Waals surface area contributed by atoms with Crippen LogP contribution in [0.4, 0.5) is 0 Å². The van der Waals surface area contributed by atoms with Gasteiger partial charge in [-0.3, -0.25) is 9.69 Å². The number of carbonyl (C=O) groups excluding carboxylic acids is 1. The molecule has 0 aromatic carbocycles. The standard InChI is InChI=1S/C10H18N2O3/c13-8-5-12(6-8)7-10(14)11-4-9-2-1-3-15-9/h8-9,13H,1-7H2,(H,11,14)/t9-/m1/s1. The van der Waals surface area contributed by atoms with Crippen LogP contribution in [0.5, 0.6) is 0 Å². The normalized spacial score (nSPS) is 27.7. The van der Waals surface area contributed by atoms with E-state index in [0.29, 0.717) is 26.2 Å². The number of likely N-dealkylation sites (tertiary alicyclic amines) is 1. The number of carbonyl (C=O) groups is 1. The number of rotatable bonds is 4. The summed E-state index contributed by atoms with van der Waals surface area (Å²) >= 11 is 0. The molecule has 0 radical (unpaired) electrons. The maximum atomic E-state index is 11.4. The molecule has 86 valence electrons. The molecule has 2 aliphatic heterocycles. The predicted octanol–water partition coefficient (Wildman–Crippen LogP) is -1.04. The first kappa shape index (κ1) is 10.9. The topological polar surface area (TPSA) is 61.8 Å². The van der Waals surface area contributed by atoms with E-state index < -0.39 is 0 Å². The van der Waals surface area contributed by atoms with Gasteiger partial charge in [-0.05, 0) is 12.8 Å². The molecule has 0 spiro atoms. The second kappa shape index (κ2) is 4.92. The van der Waals surface area contributed by atoms with E-state index in [1.54, 1.807) is 0 Å². The Morgan fingerprint density at radius 1 is 1.53 bits per heavy atom. The highest BCUT2D eigenvalue weighted by molar-refractivity contribution is 5.78. The van der Waals surface area contributed by atoms with E-state index in [4.69, 9.17) is 9.84 Å². The largest absolute Gasteiger partial charge is 0.390 e. The lowest BCUT2D eigenvalue weighted by Crippen LogP contribution is -2.54. The summed E-state index contributed by atoms with van der Waals surface area (Å²) in [6, 6.07) is 0. The van der Waals surface area contributed by atoms with Gasteiger partial charge in [0.25, 0.3) is 0 Å².